The fourth-order valence-electron chi connectivity index (χ4n) is 4.19. The molecule has 0 bridgehead atoms. The Labute approximate surface area is 221 Å². The Morgan fingerprint density at radius 2 is 1.67 bits per heavy atom. The van der Waals surface area contributed by atoms with E-state index in [1.54, 1.807) is 25.5 Å². The average Bonchev–Trinajstić information content (AvgIpc) is 2.94. The molecule has 3 aromatic heterocycles. The van der Waals surface area contributed by atoms with Crippen molar-refractivity contribution in [2.75, 3.05) is 23.0 Å². The number of nitriles is 1. The number of alkyl halides is 3. The molecule has 0 unspecified atom stereocenters. The van der Waals surface area contributed by atoms with Crippen LogP contribution in [0, 0.1) is 18.3 Å². The zero-order valence-electron chi connectivity index (χ0n) is 20.8. The lowest BCUT2D eigenvalue weighted by Crippen LogP contribution is -2.08. The molecule has 5 rings (SSSR count). The molecule has 0 saturated heterocycles. The van der Waals surface area contributed by atoms with Gasteiger partial charge in [-0.15, -0.1) is 0 Å². The van der Waals surface area contributed by atoms with Gasteiger partial charge in [-0.1, -0.05) is 12.1 Å². The number of hydrogen-bond donors (Lipinski definition) is 3. The van der Waals surface area contributed by atoms with Crippen molar-refractivity contribution < 1.29 is 13.2 Å². The van der Waals surface area contributed by atoms with Gasteiger partial charge in [-0.25, -0.2) is 19.9 Å². The molecule has 0 aliphatic carbocycles. The number of rotatable bonds is 6. The number of aromatic nitrogens is 4. The summed E-state index contributed by atoms with van der Waals surface area (Å²) in [7, 11) is 1.77. The van der Waals surface area contributed by atoms with E-state index in [4.69, 9.17) is 5.26 Å². The van der Waals surface area contributed by atoms with Gasteiger partial charge in [0.1, 0.15) is 23.8 Å². The molecule has 2 aromatic carbocycles. The minimum atomic E-state index is -4.67. The van der Waals surface area contributed by atoms with Gasteiger partial charge in [0, 0.05) is 47.5 Å². The fourth-order valence-corrected chi connectivity index (χ4v) is 4.19. The van der Waals surface area contributed by atoms with Crippen LogP contribution < -0.4 is 16.0 Å². The topological polar surface area (TPSA) is 111 Å². The summed E-state index contributed by atoms with van der Waals surface area (Å²) in [6.07, 6.45) is 0.0515. The van der Waals surface area contributed by atoms with Crippen molar-refractivity contribution in [3.63, 3.8) is 0 Å². The molecule has 3 N–H and O–H groups in total. The first-order chi connectivity index (χ1) is 18.8. The van der Waals surface area contributed by atoms with Crippen molar-refractivity contribution in [1.82, 2.24) is 19.9 Å². The Morgan fingerprint density at radius 3 is 2.44 bits per heavy atom. The molecule has 194 valence electrons. The van der Waals surface area contributed by atoms with E-state index in [1.165, 1.54) is 12.4 Å². The molecule has 8 nitrogen and oxygen atoms in total. The largest absolute Gasteiger partial charge is 0.417 e. The number of aryl methyl sites for hydroxylation is 1. The first kappa shape index (κ1) is 25.4. The fraction of sp³-hybridized carbons (Fsp3) is 0.107. The molecule has 5 aromatic rings. The number of halogens is 3. The van der Waals surface area contributed by atoms with Crippen LogP contribution in [0.1, 0.15) is 16.7 Å². The van der Waals surface area contributed by atoms with Crippen molar-refractivity contribution in [1.29, 1.82) is 5.26 Å². The van der Waals surface area contributed by atoms with Crippen LogP contribution in [0.4, 0.5) is 42.0 Å². The quantitative estimate of drug-likeness (QED) is 0.221. The predicted molar refractivity (Wildman–Crippen MR) is 144 cm³/mol. The maximum atomic E-state index is 13.5. The molecule has 0 radical (unpaired) electrons. The van der Waals surface area contributed by atoms with Gasteiger partial charge in [-0.3, -0.25) is 0 Å². The predicted octanol–water partition coefficient (Wildman–Crippen LogP) is 6.81. The number of nitrogens with one attached hydrogen (secondary N) is 3. The number of benzene rings is 2. The molecule has 0 amide bonds. The normalized spacial score (nSPS) is 11.2. The second-order valence-electron chi connectivity index (χ2n) is 8.57. The molecule has 11 heteroatoms. The van der Waals surface area contributed by atoms with E-state index in [0.29, 0.717) is 28.5 Å². The van der Waals surface area contributed by atoms with Crippen LogP contribution in [-0.4, -0.2) is 27.0 Å². The highest BCUT2D eigenvalue weighted by molar-refractivity contribution is 6.03. The summed E-state index contributed by atoms with van der Waals surface area (Å²) >= 11 is 0. The monoisotopic (exact) mass is 526 g/mol. The number of fused-ring (bicyclic) bond motifs is 1. The number of nitrogens with zero attached hydrogens (tertiary/aromatic N) is 5. The third kappa shape index (κ3) is 5.13. The number of hydrogen-bond acceptors (Lipinski definition) is 8. The van der Waals surface area contributed by atoms with Crippen molar-refractivity contribution in [3.8, 4) is 17.3 Å². The lowest BCUT2D eigenvalue weighted by Gasteiger charge is -2.17. The molecule has 0 saturated carbocycles. The zero-order chi connectivity index (χ0) is 27.6. The van der Waals surface area contributed by atoms with Crippen molar-refractivity contribution in [2.45, 2.75) is 13.1 Å². The molecular weight excluding hydrogens is 505 g/mol. The van der Waals surface area contributed by atoms with E-state index in [2.05, 4.69) is 35.9 Å². The summed E-state index contributed by atoms with van der Waals surface area (Å²) in [6, 6.07) is 16.2. The lowest BCUT2D eigenvalue weighted by atomic mass is 10.0. The van der Waals surface area contributed by atoms with Gasteiger partial charge in [0.05, 0.1) is 28.6 Å². The molecule has 0 fully saturated rings. The average molecular weight is 527 g/mol. The van der Waals surface area contributed by atoms with Gasteiger partial charge in [0.2, 0.25) is 0 Å². The van der Waals surface area contributed by atoms with Gasteiger partial charge >= 0.3 is 6.18 Å². The molecule has 0 spiro atoms. The minimum absolute atomic E-state index is 0.160. The first-order valence-corrected chi connectivity index (χ1v) is 11.8. The second kappa shape index (κ2) is 10.3. The molecular formula is C28H21F3N8. The highest BCUT2D eigenvalue weighted by atomic mass is 19.4. The number of pyridine rings is 2. The van der Waals surface area contributed by atoms with E-state index >= 15 is 0 Å². The SMILES string of the molecule is CNc1cc(-c2cccnc2Nc2c(C)ccc3c(Nc4ccc(C#N)c(C(F)(F)F)c4)nccc23)ncn1. The minimum Gasteiger partial charge on any atom is -0.373 e. The van der Waals surface area contributed by atoms with Gasteiger partial charge in [0.15, 0.2) is 0 Å². The van der Waals surface area contributed by atoms with Crippen molar-refractivity contribution in [3.05, 3.63) is 90.0 Å². The summed E-state index contributed by atoms with van der Waals surface area (Å²) < 4.78 is 40.5. The summed E-state index contributed by atoms with van der Waals surface area (Å²) in [5.74, 6) is 1.60. The smallest absolute Gasteiger partial charge is 0.373 e. The van der Waals surface area contributed by atoms with Gasteiger partial charge in [0.25, 0.3) is 0 Å². The summed E-state index contributed by atoms with van der Waals surface area (Å²) in [4.78, 5) is 17.5. The Kier molecular flexibility index (Phi) is 6.68. The van der Waals surface area contributed by atoms with E-state index in [-0.39, 0.29) is 5.69 Å². The third-order valence-electron chi connectivity index (χ3n) is 6.11. The van der Waals surface area contributed by atoms with E-state index < -0.39 is 17.3 Å². The van der Waals surface area contributed by atoms with Crippen LogP contribution in [0.25, 0.3) is 22.0 Å². The van der Waals surface area contributed by atoms with Gasteiger partial charge in [-0.05, 0) is 48.9 Å². The second-order valence-corrected chi connectivity index (χ2v) is 8.57. The summed E-state index contributed by atoms with van der Waals surface area (Å²) in [6.45, 7) is 1.94. The van der Waals surface area contributed by atoms with Crippen molar-refractivity contribution in [2.24, 2.45) is 0 Å². The maximum Gasteiger partial charge on any atom is 0.417 e. The maximum absolute atomic E-state index is 13.5. The Bertz CT molecular complexity index is 1730. The van der Waals surface area contributed by atoms with Crippen LogP contribution in [0.15, 0.2) is 73.3 Å². The molecule has 3 heterocycles. The molecule has 0 atom stereocenters. The van der Waals surface area contributed by atoms with Crippen LogP contribution in [0.5, 0.6) is 0 Å². The highest BCUT2D eigenvalue weighted by Crippen LogP contribution is 2.37. The lowest BCUT2D eigenvalue weighted by molar-refractivity contribution is -0.137. The van der Waals surface area contributed by atoms with Crippen LogP contribution in [0.2, 0.25) is 0 Å². The van der Waals surface area contributed by atoms with Crippen LogP contribution in [0.3, 0.4) is 0 Å². The van der Waals surface area contributed by atoms with E-state index in [1.807, 2.05) is 43.3 Å². The zero-order valence-corrected chi connectivity index (χ0v) is 20.8. The van der Waals surface area contributed by atoms with Gasteiger partial charge in [-0.2, -0.15) is 18.4 Å². The molecule has 39 heavy (non-hydrogen) atoms. The van der Waals surface area contributed by atoms with Crippen LogP contribution >= 0.6 is 0 Å². The Hall–Kier alpha value is -5.24. The Balaban J connectivity index is 1.56. The Morgan fingerprint density at radius 1 is 0.846 bits per heavy atom. The van der Waals surface area contributed by atoms with Crippen LogP contribution in [-0.2, 0) is 6.18 Å². The first-order valence-electron chi connectivity index (χ1n) is 11.8. The highest BCUT2D eigenvalue weighted by Gasteiger charge is 2.34. The standard InChI is InChI=1S/C28H21F3N8/c1-16-5-8-20-19(9-11-35-26(20)38-18-7-6-17(14-32)22(12-18)28(29,30)31)25(16)39-27-21(4-3-10-34-27)23-13-24(33-2)37-15-36-23/h3-13,15H,1-2H3,(H,34,39)(H,35,38)(H,33,36,37). The third-order valence-corrected chi connectivity index (χ3v) is 6.11. The molecule has 0 aliphatic heterocycles. The number of anilines is 5. The van der Waals surface area contributed by atoms with Crippen molar-refractivity contribution >= 4 is 39.6 Å². The van der Waals surface area contributed by atoms with E-state index in [9.17, 15) is 13.2 Å². The summed E-state index contributed by atoms with van der Waals surface area (Å²) in [5.41, 5.74) is 1.82. The summed E-state index contributed by atoms with van der Waals surface area (Å²) in [5, 5.41) is 20.0. The van der Waals surface area contributed by atoms with Gasteiger partial charge < -0.3 is 16.0 Å². The molecule has 0 aliphatic rings. The van der Waals surface area contributed by atoms with E-state index in [0.717, 1.165) is 34.3 Å².